The number of aliphatic hydroxyl groups excluding tert-OH is 1. The van der Waals surface area contributed by atoms with E-state index in [9.17, 15) is 9.90 Å². The van der Waals surface area contributed by atoms with Crippen LogP contribution in [-0.2, 0) is 0 Å². The van der Waals surface area contributed by atoms with Gasteiger partial charge in [0.25, 0.3) is 5.91 Å². The van der Waals surface area contributed by atoms with Gasteiger partial charge in [-0.2, -0.15) is 0 Å². The van der Waals surface area contributed by atoms with E-state index >= 15 is 0 Å². The molecule has 0 aliphatic heterocycles. The molecule has 20 heavy (non-hydrogen) atoms. The minimum Gasteiger partial charge on any atom is -0.396 e. The third-order valence-electron chi connectivity index (χ3n) is 3.17. The number of benzene rings is 1. The van der Waals surface area contributed by atoms with Crippen molar-refractivity contribution >= 4 is 11.6 Å². The van der Waals surface area contributed by atoms with Gasteiger partial charge >= 0.3 is 0 Å². The largest absolute Gasteiger partial charge is 0.396 e. The summed E-state index contributed by atoms with van der Waals surface area (Å²) >= 11 is 0. The molecule has 0 aliphatic carbocycles. The molecule has 0 aromatic heterocycles. The number of hydrogen-bond donors (Lipinski definition) is 3. The Balaban J connectivity index is 2.67. The van der Waals surface area contributed by atoms with Gasteiger partial charge < -0.3 is 15.7 Å². The summed E-state index contributed by atoms with van der Waals surface area (Å²) < 4.78 is 0. The second kappa shape index (κ2) is 7.90. The van der Waals surface area contributed by atoms with Gasteiger partial charge in [-0.05, 0) is 18.6 Å². The number of aliphatic hydroxyl groups is 1. The molecule has 4 nitrogen and oxygen atoms in total. The van der Waals surface area contributed by atoms with Crippen molar-refractivity contribution in [1.82, 2.24) is 5.32 Å². The number of unbranched alkanes of at least 4 members (excludes halogenated alkanes) is 1. The molecule has 0 atom stereocenters. The maximum atomic E-state index is 12.2. The molecule has 0 fully saturated rings. The van der Waals surface area contributed by atoms with Crippen molar-refractivity contribution in [2.24, 2.45) is 5.41 Å². The maximum Gasteiger partial charge on any atom is 0.253 e. The first kappa shape index (κ1) is 16.5. The van der Waals surface area contributed by atoms with Crippen LogP contribution in [0.3, 0.4) is 0 Å². The van der Waals surface area contributed by atoms with E-state index in [1.807, 2.05) is 38.1 Å². The fraction of sp³-hybridized carbons (Fsp3) is 0.562. The van der Waals surface area contributed by atoms with Crippen molar-refractivity contribution in [3.05, 3.63) is 29.8 Å². The Hall–Kier alpha value is -1.55. The molecule has 0 unspecified atom stereocenters. The highest BCUT2D eigenvalue weighted by molar-refractivity contribution is 5.99. The summed E-state index contributed by atoms with van der Waals surface area (Å²) in [4.78, 5) is 12.2. The highest BCUT2D eigenvalue weighted by Crippen LogP contribution is 2.16. The number of hydrogen-bond acceptors (Lipinski definition) is 3. The monoisotopic (exact) mass is 278 g/mol. The van der Waals surface area contributed by atoms with Gasteiger partial charge in [-0.15, -0.1) is 0 Å². The summed E-state index contributed by atoms with van der Waals surface area (Å²) in [6.07, 6.45) is 2.19. The van der Waals surface area contributed by atoms with Gasteiger partial charge in [-0.1, -0.05) is 39.3 Å². The molecular weight excluding hydrogens is 252 g/mol. The lowest BCUT2D eigenvalue weighted by atomic mass is 9.95. The molecule has 0 spiro atoms. The predicted molar refractivity (Wildman–Crippen MR) is 83.0 cm³/mol. The summed E-state index contributed by atoms with van der Waals surface area (Å²) in [5.74, 6) is -0.105. The number of nitrogens with one attached hydrogen (secondary N) is 2. The minimum atomic E-state index is -0.305. The fourth-order valence-electron chi connectivity index (χ4n) is 1.71. The minimum absolute atomic E-state index is 0.0453. The lowest BCUT2D eigenvalue weighted by molar-refractivity contribution is 0.0912. The van der Waals surface area contributed by atoms with Crippen molar-refractivity contribution < 1.29 is 9.90 Å². The molecule has 0 saturated carbocycles. The van der Waals surface area contributed by atoms with Gasteiger partial charge in [0, 0.05) is 30.8 Å². The van der Waals surface area contributed by atoms with Gasteiger partial charge in [0.05, 0.1) is 5.56 Å². The van der Waals surface area contributed by atoms with Crippen LogP contribution in [0.25, 0.3) is 0 Å². The topological polar surface area (TPSA) is 61.4 Å². The van der Waals surface area contributed by atoms with Crippen LogP contribution in [0.1, 0.15) is 44.0 Å². The number of para-hydroxylation sites is 1. The zero-order chi connectivity index (χ0) is 15.0. The zero-order valence-corrected chi connectivity index (χ0v) is 12.7. The SMILES string of the molecule is CCCCNc1ccccc1C(=O)NCC(C)(C)CO. The van der Waals surface area contributed by atoms with Crippen LogP contribution in [0.15, 0.2) is 24.3 Å². The number of carbonyl (C=O) groups excluding carboxylic acids is 1. The van der Waals surface area contributed by atoms with Crippen molar-refractivity contribution in [2.75, 3.05) is 25.0 Å². The summed E-state index contributed by atoms with van der Waals surface area (Å²) in [6, 6.07) is 7.51. The van der Waals surface area contributed by atoms with E-state index in [1.54, 1.807) is 0 Å². The van der Waals surface area contributed by atoms with Crippen molar-refractivity contribution in [2.45, 2.75) is 33.6 Å². The van der Waals surface area contributed by atoms with Crippen molar-refractivity contribution in [1.29, 1.82) is 0 Å². The van der Waals surface area contributed by atoms with Crippen LogP contribution in [0, 0.1) is 5.41 Å². The zero-order valence-electron chi connectivity index (χ0n) is 12.7. The fourth-order valence-corrected chi connectivity index (χ4v) is 1.71. The summed E-state index contributed by atoms with van der Waals surface area (Å²) in [7, 11) is 0. The average Bonchev–Trinajstić information content (AvgIpc) is 2.46. The van der Waals surface area contributed by atoms with Gasteiger partial charge in [0.1, 0.15) is 0 Å². The smallest absolute Gasteiger partial charge is 0.253 e. The van der Waals surface area contributed by atoms with Crippen LogP contribution in [-0.4, -0.2) is 30.7 Å². The van der Waals surface area contributed by atoms with Crippen molar-refractivity contribution in [3.63, 3.8) is 0 Å². The summed E-state index contributed by atoms with van der Waals surface area (Å²) in [5, 5.41) is 15.4. The molecule has 112 valence electrons. The quantitative estimate of drug-likeness (QED) is 0.641. The molecule has 1 amide bonds. The van der Waals surface area contributed by atoms with E-state index in [2.05, 4.69) is 17.6 Å². The molecule has 1 aromatic rings. The molecule has 0 bridgehead atoms. The molecule has 1 rings (SSSR count). The second-order valence-electron chi connectivity index (χ2n) is 5.83. The van der Waals surface area contributed by atoms with E-state index < -0.39 is 0 Å². The van der Waals surface area contributed by atoms with Crippen molar-refractivity contribution in [3.8, 4) is 0 Å². The van der Waals surface area contributed by atoms with Crippen LogP contribution in [0.2, 0.25) is 0 Å². The van der Waals surface area contributed by atoms with E-state index in [4.69, 9.17) is 0 Å². The highest BCUT2D eigenvalue weighted by atomic mass is 16.3. The standard InChI is InChI=1S/C16H26N2O2/c1-4-5-10-17-14-9-7-6-8-13(14)15(20)18-11-16(2,3)12-19/h6-9,17,19H,4-5,10-12H2,1-3H3,(H,18,20). The van der Waals surface area contributed by atoms with Crippen LogP contribution in [0.5, 0.6) is 0 Å². The summed E-state index contributed by atoms with van der Waals surface area (Å²) in [6.45, 7) is 7.33. The molecule has 0 saturated heterocycles. The molecule has 4 heteroatoms. The van der Waals surface area contributed by atoms with Crippen LogP contribution in [0.4, 0.5) is 5.69 Å². The first-order chi connectivity index (χ1) is 9.50. The normalized spacial score (nSPS) is 11.2. The Morgan fingerprint density at radius 1 is 1.30 bits per heavy atom. The third kappa shape index (κ3) is 5.21. The molecule has 0 aliphatic rings. The summed E-state index contributed by atoms with van der Waals surface area (Å²) in [5.41, 5.74) is 1.21. The molecular formula is C16H26N2O2. The molecule has 1 aromatic carbocycles. The Kier molecular flexibility index (Phi) is 6.52. The van der Waals surface area contributed by atoms with Gasteiger partial charge in [-0.3, -0.25) is 4.79 Å². The number of rotatable bonds is 8. The Bertz CT molecular complexity index is 430. The average molecular weight is 278 g/mol. The number of carbonyl (C=O) groups is 1. The highest BCUT2D eigenvalue weighted by Gasteiger charge is 2.19. The number of amides is 1. The van der Waals surface area contributed by atoms with Gasteiger partial charge in [0.2, 0.25) is 0 Å². The lowest BCUT2D eigenvalue weighted by Gasteiger charge is -2.22. The predicted octanol–water partition coefficient (Wildman–Crippen LogP) is 2.65. The molecule has 0 heterocycles. The van der Waals surface area contributed by atoms with Gasteiger partial charge in [-0.25, -0.2) is 0 Å². The molecule has 0 radical (unpaired) electrons. The lowest BCUT2D eigenvalue weighted by Crippen LogP contribution is -2.36. The molecule has 3 N–H and O–H groups in total. The van der Waals surface area contributed by atoms with E-state index in [-0.39, 0.29) is 17.9 Å². The van der Waals surface area contributed by atoms with E-state index in [0.717, 1.165) is 25.1 Å². The first-order valence-corrected chi connectivity index (χ1v) is 7.22. The first-order valence-electron chi connectivity index (χ1n) is 7.22. The Morgan fingerprint density at radius 2 is 2.00 bits per heavy atom. The third-order valence-corrected chi connectivity index (χ3v) is 3.17. The van der Waals surface area contributed by atoms with E-state index in [1.165, 1.54) is 0 Å². The Labute approximate surface area is 121 Å². The van der Waals surface area contributed by atoms with Crippen LogP contribution >= 0.6 is 0 Å². The van der Waals surface area contributed by atoms with Gasteiger partial charge in [0.15, 0.2) is 0 Å². The number of anilines is 1. The second-order valence-corrected chi connectivity index (χ2v) is 5.83. The Morgan fingerprint density at radius 3 is 2.65 bits per heavy atom. The maximum absolute atomic E-state index is 12.2. The van der Waals surface area contributed by atoms with E-state index in [0.29, 0.717) is 12.1 Å². The van der Waals surface area contributed by atoms with Crippen LogP contribution < -0.4 is 10.6 Å².